The van der Waals surface area contributed by atoms with Crippen LogP contribution in [0.1, 0.15) is 18.4 Å². The van der Waals surface area contributed by atoms with E-state index in [-0.39, 0.29) is 16.5 Å². The standard InChI is InChI=1S/C12H16Cl2N2O2S2/c13-10-3-4-11(12(14)9(10)6-15)20(17,18)16-7-8-2-1-5-19-8/h3-4,8,16H,1-2,5-7,15H2. The molecule has 0 bridgehead atoms. The van der Waals surface area contributed by atoms with Crippen molar-refractivity contribution in [2.24, 2.45) is 5.73 Å². The molecule has 1 fully saturated rings. The average Bonchev–Trinajstić information content (AvgIpc) is 2.90. The van der Waals surface area contributed by atoms with Crippen molar-refractivity contribution < 1.29 is 8.42 Å². The van der Waals surface area contributed by atoms with E-state index in [0.29, 0.717) is 22.4 Å². The van der Waals surface area contributed by atoms with E-state index in [1.807, 2.05) is 0 Å². The molecule has 1 aromatic rings. The lowest BCUT2D eigenvalue weighted by Crippen LogP contribution is -2.30. The Morgan fingerprint density at radius 3 is 2.75 bits per heavy atom. The summed E-state index contributed by atoms with van der Waals surface area (Å²) in [6.45, 7) is 0.517. The summed E-state index contributed by atoms with van der Waals surface area (Å²) >= 11 is 13.8. The smallest absolute Gasteiger partial charge is 0.242 e. The summed E-state index contributed by atoms with van der Waals surface area (Å²) < 4.78 is 27.2. The van der Waals surface area contributed by atoms with Gasteiger partial charge in [0, 0.05) is 28.9 Å². The van der Waals surface area contributed by atoms with E-state index in [1.165, 1.54) is 12.1 Å². The molecule has 1 aliphatic rings. The van der Waals surface area contributed by atoms with E-state index in [9.17, 15) is 8.42 Å². The minimum absolute atomic E-state index is 0.0343. The number of rotatable bonds is 5. The average molecular weight is 355 g/mol. The molecule has 4 nitrogen and oxygen atoms in total. The molecule has 0 aliphatic carbocycles. The SMILES string of the molecule is NCc1c(Cl)ccc(S(=O)(=O)NCC2CCCS2)c1Cl. The normalized spacial score (nSPS) is 19.4. The minimum atomic E-state index is -3.64. The van der Waals surface area contributed by atoms with E-state index >= 15 is 0 Å². The fraction of sp³-hybridized carbons (Fsp3) is 0.500. The summed E-state index contributed by atoms with van der Waals surface area (Å²) in [5.41, 5.74) is 6.00. The van der Waals surface area contributed by atoms with Gasteiger partial charge in [-0.2, -0.15) is 11.8 Å². The number of nitrogens with two attached hydrogens (primary N) is 1. The highest BCUT2D eigenvalue weighted by atomic mass is 35.5. The molecular formula is C12H16Cl2N2O2S2. The second-order valence-corrected chi connectivity index (χ2v) is 8.46. The molecule has 112 valence electrons. The molecule has 0 saturated carbocycles. The molecule has 1 aliphatic heterocycles. The van der Waals surface area contributed by atoms with Crippen molar-refractivity contribution in [1.82, 2.24) is 4.72 Å². The fourth-order valence-electron chi connectivity index (χ4n) is 2.06. The van der Waals surface area contributed by atoms with Crippen LogP contribution in [0.15, 0.2) is 17.0 Å². The van der Waals surface area contributed by atoms with Gasteiger partial charge in [-0.15, -0.1) is 0 Å². The van der Waals surface area contributed by atoms with Gasteiger partial charge in [0.25, 0.3) is 0 Å². The summed E-state index contributed by atoms with van der Waals surface area (Å²) in [5.74, 6) is 1.09. The summed E-state index contributed by atoms with van der Waals surface area (Å²) in [6, 6.07) is 2.92. The van der Waals surface area contributed by atoms with E-state index in [0.717, 1.165) is 18.6 Å². The predicted molar refractivity (Wildman–Crippen MR) is 85.0 cm³/mol. The van der Waals surface area contributed by atoms with Gasteiger partial charge in [-0.3, -0.25) is 0 Å². The Bertz CT molecular complexity index is 587. The first-order valence-corrected chi connectivity index (χ1v) is 9.52. The molecular weight excluding hydrogens is 339 g/mol. The molecule has 0 amide bonds. The number of sulfonamides is 1. The largest absolute Gasteiger partial charge is 0.326 e. The van der Waals surface area contributed by atoms with Gasteiger partial charge in [0.15, 0.2) is 0 Å². The topological polar surface area (TPSA) is 72.2 Å². The molecule has 3 N–H and O–H groups in total. The van der Waals surface area contributed by atoms with Crippen molar-refractivity contribution in [3.63, 3.8) is 0 Å². The number of benzene rings is 1. The van der Waals surface area contributed by atoms with Gasteiger partial charge < -0.3 is 5.73 Å². The lowest BCUT2D eigenvalue weighted by Gasteiger charge is -2.14. The second kappa shape index (κ2) is 6.85. The molecule has 20 heavy (non-hydrogen) atoms. The van der Waals surface area contributed by atoms with Crippen molar-refractivity contribution >= 4 is 45.0 Å². The van der Waals surface area contributed by atoms with Gasteiger partial charge >= 0.3 is 0 Å². The zero-order valence-corrected chi connectivity index (χ0v) is 13.9. The van der Waals surface area contributed by atoms with Crippen molar-refractivity contribution in [2.45, 2.75) is 29.5 Å². The molecule has 0 spiro atoms. The molecule has 8 heteroatoms. The number of halogens is 2. The van der Waals surface area contributed by atoms with Crippen LogP contribution in [0.2, 0.25) is 10.0 Å². The molecule has 1 heterocycles. The van der Waals surface area contributed by atoms with Crippen LogP contribution in [0.25, 0.3) is 0 Å². The van der Waals surface area contributed by atoms with Gasteiger partial charge in [-0.05, 0) is 30.7 Å². The molecule has 1 unspecified atom stereocenters. The lowest BCUT2D eigenvalue weighted by atomic mass is 10.2. The Balaban J connectivity index is 2.20. The third kappa shape index (κ3) is 3.61. The highest BCUT2D eigenvalue weighted by Crippen LogP contribution is 2.31. The molecule has 1 aromatic carbocycles. The predicted octanol–water partition coefficient (Wildman–Crippen LogP) is 2.63. The zero-order valence-electron chi connectivity index (χ0n) is 10.7. The van der Waals surface area contributed by atoms with Gasteiger partial charge in [-0.1, -0.05) is 23.2 Å². The van der Waals surface area contributed by atoms with Crippen molar-refractivity contribution in [2.75, 3.05) is 12.3 Å². The van der Waals surface area contributed by atoms with Crippen molar-refractivity contribution in [1.29, 1.82) is 0 Å². The van der Waals surface area contributed by atoms with Crippen LogP contribution < -0.4 is 10.5 Å². The van der Waals surface area contributed by atoms with Gasteiger partial charge in [0.1, 0.15) is 4.90 Å². The molecule has 1 atom stereocenters. The first-order chi connectivity index (χ1) is 9.45. The monoisotopic (exact) mass is 354 g/mol. The third-order valence-electron chi connectivity index (χ3n) is 3.17. The Labute approximate surface area is 133 Å². The van der Waals surface area contributed by atoms with E-state index in [2.05, 4.69) is 4.72 Å². The van der Waals surface area contributed by atoms with Crippen LogP contribution in [-0.2, 0) is 16.6 Å². The van der Waals surface area contributed by atoms with Crippen LogP contribution in [0.5, 0.6) is 0 Å². The molecule has 0 radical (unpaired) electrons. The van der Waals surface area contributed by atoms with E-state index in [1.54, 1.807) is 11.8 Å². The quantitative estimate of drug-likeness (QED) is 0.852. The summed E-state index contributed by atoms with van der Waals surface area (Å²) in [5, 5.41) is 0.819. The Morgan fingerprint density at radius 1 is 1.40 bits per heavy atom. The fourth-order valence-corrected chi connectivity index (χ4v) is 5.38. The molecule has 2 rings (SSSR count). The maximum atomic E-state index is 12.3. The summed E-state index contributed by atoms with van der Waals surface area (Å²) in [6.07, 6.45) is 2.17. The summed E-state index contributed by atoms with van der Waals surface area (Å²) in [4.78, 5) is 0.0343. The third-order valence-corrected chi connectivity index (χ3v) is 6.93. The van der Waals surface area contributed by atoms with Crippen LogP contribution >= 0.6 is 35.0 Å². The maximum Gasteiger partial charge on any atom is 0.242 e. The van der Waals surface area contributed by atoms with Crippen LogP contribution in [0, 0.1) is 0 Å². The van der Waals surface area contributed by atoms with Crippen molar-refractivity contribution in [3.8, 4) is 0 Å². The van der Waals surface area contributed by atoms with E-state index < -0.39 is 10.0 Å². The first kappa shape index (κ1) is 16.4. The number of hydrogen-bond acceptors (Lipinski definition) is 4. The van der Waals surface area contributed by atoms with Gasteiger partial charge in [0.2, 0.25) is 10.0 Å². The van der Waals surface area contributed by atoms with E-state index in [4.69, 9.17) is 28.9 Å². The number of hydrogen-bond donors (Lipinski definition) is 2. The maximum absolute atomic E-state index is 12.3. The number of nitrogens with one attached hydrogen (secondary N) is 1. The first-order valence-electron chi connectivity index (χ1n) is 6.24. The Hall–Kier alpha value is 0.0200. The number of thioether (sulfide) groups is 1. The second-order valence-electron chi connectivity index (χ2n) is 4.53. The van der Waals surface area contributed by atoms with Gasteiger partial charge in [-0.25, -0.2) is 13.1 Å². The lowest BCUT2D eigenvalue weighted by molar-refractivity contribution is 0.579. The van der Waals surface area contributed by atoms with Crippen LogP contribution in [-0.4, -0.2) is 26.0 Å². The van der Waals surface area contributed by atoms with Gasteiger partial charge in [0.05, 0.1) is 5.02 Å². The van der Waals surface area contributed by atoms with Crippen molar-refractivity contribution in [3.05, 3.63) is 27.7 Å². The van der Waals surface area contributed by atoms with Crippen LogP contribution in [0.3, 0.4) is 0 Å². The Kier molecular flexibility index (Phi) is 5.62. The summed E-state index contributed by atoms with van der Waals surface area (Å²) in [7, 11) is -3.64. The molecule has 1 saturated heterocycles. The zero-order chi connectivity index (χ0) is 14.8. The minimum Gasteiger partial charge on any atom is -0.326 e. The highest BCUT2D eigenvalue weighted by molar-refractivity contribution is 8.00. The molecule has 0 aromatic heterocycles. The van der Waals surface area contributed by atoms with Crippen LogP contribution in [0.4, 0.5) is 0 Å². The Morgan fingerprint density at radius 2 is 2.15 bits per heavy atom. The highest BCUT2D eigenvalue weighted by Gasteiger charge is 2.23.